The molecule has 2 heteroatoms. The zero-order valence-electron chi connectivity index (χ0n) is 27.6. The van der Waals surface area contributed by atoms with Crippen molar-refractivity contribution in [1.82, 2.24) is 0 Å². The van der Waals surface area contributed by atoms with Gasteiger partial charge in [0.25, 0.3) is 0 Å². The van der Waals surface area contributed by atoms with Crippen LogP contribution in [0.25, 0.3) is 37.9 Å². The average Bonchev–Trinajstić information content (AvgIpc) is 3.53. The third-order valence-corrected chi connectivity index (χ3v) is 10.5. The van der Waals surface area contributed by atoms with E-state index in [9.17, 15) is 0 Å². The molecule has 0 N–H and O–H groups in total. The lowest BCUT2D eigenvalue weighted by Crippen LogP contribution is -2.15. The van der Waals surface area contributed by atoms with Crippen molar-refractivity contribution in [2.75, 3.05) is 9.80 Å². The van der Waals surface area contributed by atoms with E-state index in [0.717, 1.165) is 17.8 Å². The number of rotatable bonds is 5. The minimum Gasteiger partial charge on any atom is -0.313 e. The van der Waals surface area contributed by atoms with Gasteiger partial charge in [-0.25, -0.2) is 0 Å². The molecule has 1 aliphatic heterocycles. The highest BCUT2D eigenvalue weighted by Crippen LogP contribution is 2.54. The molecule has 0 amide bonds. The van der Waals surface area contributed by atoms with Crippen molar-refractivity contribution in [3.05, 3.63) is 205 Å². The molecule has 1 unspecified atom stereocenters. The summed E-state index contributed by atoms with van der Waals surface area (Å²) < 4.78 is 0. The first-order valence-electron chi connectivity index (χ1n) is 17.5. The van der Waals surface area contributed by atoms with Crippen LogP contribution in [0.1, 0.15) is 23.5 Å². The number of fused-ring (bicyclic) bond motifs is 9. The predicted molar refractivity (Wildman–Crippen MR) is 212 cm³/mol. The molecule has 10 rings (SSSR count). The third-order valence-electron chi connectivity index (χ3n) is 10.5. The molecule has 0 saturated heterocycles. The highest BCUT2D eigenvalue weighted by atomic mass is 15.2. The summed E-state index contributed by atoms with van der Waals surface area (Å²) in [5, 5.41) is 7.70. The number of anilines is 5. The summed E-state index contributed by atoms with van der Waals surface area (Å²) in [6.45, 7) is 0. The molecule has 0 aromatic heterocycles. The Morgan fingerprint density at radius 3 is 1.72 bits per heavy atom. The van der Waals surface area contributed by atoms with Gasteiger partial charge in [-0.1, -0.05) is 133 Å². The predicted octanol–water partition coefficient (Wildman–Crippen LogP) is 13.2. The Hall–Kier alpha value is -6.38. The van der Waals surface area contributed by atoms with E-state index in [1.807, 2.05) is 0 Å². The van der Waals surface area contributed by atoms with E-state index in [1.54, 1.807) is 0 Å². The summed E-state index contributed by atoms with van der Waals surface area (Å²) in [5.41, 5.74) is 11.3. The molecule has 0 saturated carbocycles. The lowest BCUT2D eigenvalue weighted by atomic mass is 9.82. The van der Waals surface area contributed by atoms with Gasteiger partial charge in [-0.2, -0.15) is 0 Å². The second kappa shape index (κ2) is 11.6. The van der Waals surface area contributed by atoms with Gasteiger partial charge in [0.05, 0.1) is 5.69 Å². The summed E-state index contributed by atoms with van der Waals surface area (Å²) in [5.74, 6) is 0.276. The topological polar surface area (TPSA) is 6.48 Å². The number of hydrogen-bond acceptors (Lipinski definition) is 2. The van der Waals surface area contributed by atoms with E-state index in [-0.39, 0.29) is 5.92 Å². The van der Waals surface area contributed by atoms with E-state index in [1.165, 1.54) is 71.8 Å². The van der Waals surface area contributed by atoms with Crippen LogP contribution in [0, 0.1) is 0 Å². The molecular formula is C48H34N2. The molecule has 2 nitrogen and oxygen atoms in total. The fraction of sp³-hybridized carbons (Fsp3) is 0.0417. The highest BCUT2D eigenvalue weighted by Gasteiger charge is 2.36. The van der Waals surface area contributed by atoms with Crippen molar-refractivity contribution < 1.29 is 0 Å². The van der Waals surface area contributed by atoms with Gasteiger partial charge in [0, 0.05) is 39.8 Å². The fourth-order valence-corrected chi connectivity index (χ4v) is 8.45. The van der Waals surface area contributed by atoms with Crippen LogP contribution in [0.15, 0.2) is 194 Å². The van der Waals surface area contributed by atoms with Crippen LogP contribution in [-0.4, -0.2) is 0 Å². The van der Waals surface area contributed by atoms with Crippen LogP contribution in [0.5, 0.6) is 0 Å². The minimum atomic E-state index is 0.276. The number of nitrogens with zero attached hydrogens (tertiary/aromatic N) is 2. The van der Waals surface area contributed by atoms with Crippen LogP contribution in [0.3, 0.4) is 0 Å². The van der Waals surface area contributed by atoms with Crippen molar-refractivity contribution in [3.63, 3.8) is 0 Å². The summed E-state index contributed by atoms with van der Waals surface area (Å²) >= 11 is 0. The zero-order valence-corrected chi connectivity index (χ0v) is 27.6. The monoisotopic (exact) mass is 638 g/mol. The maximum atomic E-state index is 2.45. The Balaban J connectivity index is 1.26. The number of hydrogen-bond donors (Lipinski definition) is 0. The van der Waals surface area contributed by atoms with Crippen molar-refractivity contribution >= 4 is 66.3 Å². The molecule has 236 valence electrons. The molecule has 0 radical (unpaired) electrons. The molecule has 8 aromatic rings. The standard InChI is InChI=1S/C48H34N2/c1-4-16-34(17-5-1)49(35-18-6-2-7-19-35)46-29-15-27-42-39-23-11-10-22-38(39)41-26-14-25-37(47(41)48(42)46)33-30-31-45-43(32-33)40-24-12-13-28-44(40)50(45)36-20-8-3-9-21-36/h1-31,43H,32H2. The van der Waals surface area contributed by atoms with Crippen LogP contribution in [0.4, 0.5) is 28.4 Å². The van der Waals surface area contributed by atoms with Crippen LogP contribution in [-0.2, 0) is 0 Å². The number of allylic oxidation sites excluding steroid dienone is 4. The summed E-state index contributed by atoms with van der Waals surface area (Å²) in [6.07, 6.45) is 5.70. The smallest absolute Gasteiger partial charge is 0.0546 e. The molecule has 2 aliphatic rings. The van der Waals surface area contributed by atoms with Crippen molar-refractivity contribution in [1.29, 1.82) is 0 Å². The fourth-order valence-electron chi connectivity index (χ4n) is 8.45. The van der Waals surface area contributed by atoms with Crippen molar-refractivity contribution in [2.24, 2.45) is 0 Å². The Morgan fingerprint density at radius 1 is 0.460 bits per heavy atom. The molecule has 1 heterocycles. The average molecular weight is 639 g/mol. The normalized spacial score (nSPS) is 15.1. The number of para-hydroxylation sites is 4. The third kappa shape index (κ3) is 4.42. The first kappa shape index (κ1) is 28.6. The summed E-state index contributed by atoms with van der Waals surface area (Å²) in [7, 11) is 0. The van der Waals surface area contributed by atoms with Gasteiger partial charge >= 0.3 is 0 Å². The van der Waals surface area contributed by atoms with E-state index in [4.69, 9.17) is 0 Å². The molecule has 0 fully saturated rings. The van der Waals surface area contributed by atoms with Gasteiger partial charge in [0.1, 0.15) is 0 Å². The maximum absolute atomic E-state index is 2.45. The number of benzene rings is 8. The van der Waals surface area contributed by atoms with Crippen LogP contribution in [0.2, 0.25) is 0 Å². The van der Waals surface area contributed by atoms with E-state index >= 15 is 0 Å². The molecule has 0 spiro atoms. The zero-order chi connectivity index (χ0) is 33.0. The van der Waals surface area contributed by atoms with Crippen molar-refractivity contribution in [3.8, 4) is 0 Å². The van der Waals surface area contributed by atoms with Crippen LogP contribution < -0.4 is 9.80 Å². The quantitative estimate of drug-likeness (QED) is 0.173. The maximum Gasteiger partial charge on any atom is 0.0546 e. The van der Waals surface area contributed by atoms with Crippen LogP contribution >= 0.6 is 0 Å². The summed E-state index contributed by atoms with van der Waals surface area (Å²) in [4.78, 5) is 4.88. The van der Waals surface area contributed by atoms with Crippen molar-refractivity contribution in [2.45, 2.75) is 12.3 Å². The Morgan fingerprint density at radius 2 is 1.02 bits per heavy atom. The molecule has 1 atom stereocenters. The van der Waals surface area contributed by atoms with Gasteiger partial charge < -0.3 is 9.80 Å². The second-order valence-electron chi connectivity index (χ2n) is 13.2. The largest absolute Gasteiger partial charge is 0.313 e. The molecule has 1 aliphatic carbocycles. The van der Waals surface area contributed by atoms with Gasteiger partial charge in [-0.05, 0) is 105 Å². The Labute approximate surface area is 292 Å². The van der Waals surface area contributed by atoms with Gasteiger partial charge in [0.2, 0.25) is 0 Å². The first-order chi connectivity index (χ1) is 24.8. The van der Waals surface area contributed by atoms with Gasteiger partial charge in [0.15, 0.2) is 0 Å². The lowest BCUT2D eigenvalue weighted by Gasteiger charge is -2.29. The molecule has 0 bridgehead atoms. The highest BCUT2D eigenvalue weighted by molar-refractivity contribution is 6.30. The van der Waals surface area contributed by atoms with E-state index in [0.29, 0.717) is 0 Å². The van der Waals surface area contributed by atoms with Gasteiger partial charge in [-0.3, -0.25) is 0 Å². The molecular weight excluding hydrogens is 605 g/mol. The molecule has 50 heavy (non-hydrogen) atoms. The Bertz CT molecular complexity index is 2580. The second-order valence-corrected chi connectivity index (χ2v) is 13.2. The van der Waals surface area contributed by atoms with Gasteiger partial charge in [-0.15, -0.1) is 0 Å². The van der Waals surface area contributed by atoms with E-state index in [2.05, 4.69) is 198 Å². The van der Waals surface area contributed by atoms with E-state index < -0.39 is 0 Å². The minimum absolute atomic E-state index is 0.276. The first-order valence-corrected chi connectivity index (χ1v) is 17.5. The lowest BCUT2D eigenvalue weighted by molar-refractivity contribution is 0.833. The Kier molecular flexibility index (Phi) is 6.67. The summed E-state index contributed by atoms with van der Waals surface area (Å²) in [6, 6.07) is 63.9. The molecule has 8 aromatic carbocycles. The SMILES string of the molecule is C1=C(c2cccc3c4ccccc4c4cccc(N(c5ccccc5)c5ccccc5)c4c23)CC2C(=C1)N(c1ccccc1)c1ccccc12.